The average Bonchev–Trinajstić information content (AvgIpc) is 2.81. The largest absolute Gasteiger partial charge is 0.373 e. The predicted octanol–water partition coefficient (Wildman–Crippen LogP) is 2.17. The molecule has 1 fully saturated rings. The molecule has 3 nitrogen and oxygen atoms in total. The third-order valence-electron chi connectivity index (χ3n) is 3.48. The average molecular weight is 219 g/mol. The Labute approximate surface area is 97.7 Å². The maximum absolute atomic E-state index is 5.71. The van der Waals surface area contributed by atoms with Crippen molar-refractivity contribution in [1.29, 1.82) is 0 Å². The highest BCUT2D eigenvalue weighted by Crippen LogP contribution is 2.27. The van der Waals surface area contributed by atoms with Gasteiger partial charge in [-0.2, -0.15) is 0 Å². The van der Waals surface area contributed by atoms with Gasteiger partial charge in [-0.1, -0.05) is 12.8 Å². The first-order valence-electron chi connectivity index (χ1n) is 6.16. The summed E-state index contributed by atoms with van der Waals surface area (Å²) in [6, 6.07) is 4.10. The van der Waals surface area contributed by atoms with Crippen molar-refractivity contribution in [2.75, 3.05) is 18.5 Å². The van der Waals surface area contributed by atoms with Crippen molar-refractivity contribution < 1.29 is 0 Å². The standard InChI is InChI=1S/C13H21N3/c1-16(10-11-5-2-3-6-11)13-7-4-8-15-12(13)9-14/h4,7-8,11H,2-3,5-6,9-10,14H2,1H3. The van der Waals surface area contributed by atoms with Gasteiger partial charge in [-0.15, -0.1) is 0 Å². The van der Waals surface area contributed by atoms with Crippen LogP contribution in [0.3, 0.4) is 0 Å². The molecule has 0 aromatic carbocycles. The molecule has 2 N–H and O–H groups in total. The van der Waals surface area contributed by atoms with Crippen LogP contribution < -0.4 is 10.6 Å². The van der Waals surface area contributed by atoms with Crippen molar-refractivity contribution in [3.8, 4) is 0 Å². The Kier molecular flexibility index (Phi) is 3.78. The van der Waals surface area contributed by atoms with Crippen LogP contribution >= 0.6 is 0 Å². The van der Waals surface area contributed by atoms with E-state index in [-0.39, 0.29) is 0 Å². The molecule has 1 aliphatic rings. The van der Waals surface area contributed by atoms with Crippen LogP contribution in [0.5, 0.6) is 0 Å². The summed E-state index contributed by atoms with van der Waals surface area (Å²) in [6.07, 6.45) is 7.37. The van der Waals surface area contributed by atoms with Gasteiger partial charge in [-0.05, 0) is 30.9 Å². The zero-order valence-electron chi connectivity index (χ0n) is 10.0. The van der Waals surface area contributed by atoms with Gasteiger partial charge in [0.05, 0.1) is 11.4 Å². The van der Waals surface area contributed by atoms with Crippen molar-refractivity contribution in [2.24, 2.45) is 11.7 Å². The van der Waals surface area contributed by atoms with E-state index in [4.69, 9.17) is 5.73 Å². The fourth-order valence-corrected chi connectivity index (χ4v) is 2.61. The van der Waals surface area contributed by atoms with Crippen molar-refractivity contribution in [1.82, 2.24) is 4.98 Å². The quantitative estimate of drug-likeness (QED) is 0.844. The lowest BCUT2D eigenvalue weighted by Gasteiger charge is -2.24. The van der Waals surface area contributed by atoms with Gasteiger partial charge < -0.3 is 10.6 Å². The van der Waals surface area contributed by atoms with Gasteiger partial charge in [0.1, 0.15) is 0 Å². The summed E-state index contributed by atoms with van der Waals surface area (Å²) in [7, 11) is 2.15. The zero-order valence-corrected chi connectivity index (χ0v) is 10.0. The number of nitrogens with zero attached hydrogens (tertiary/aromatic N) is 2. The third kappa shape index (κ3) is 2.53. The van der Waals surface area contributed by atoms with Gasteiger partial charge in [0.15, 0.2) is 0 Å². The van der Waals surface area contributed by atoms with Crippen molar-refractivity contribution in [3.05, 3.63) is 24.0 Å². The molecule has 0 aliphatic heterocycles. The summed E-state index contributed by atoms with van der Waals surface area (Å²) in [5.41, 5.74) is 7.90. The number of pyridine rings is 1. The summed E-state index contributed by atoms with van der Waals surface area (Å²) in [4.78, 5) is 6.64. The molecule has 0 spiro atoms. The van der Waals surface area contributed by atoms with Crippen molar-refractivity contribution in [3.63, 3.8) is 0 Å². The van der Waals surface area contributed by atoms with Gasteiger partial charge in [0.2, 0.25) is 0 Å². The maximum atomic E-state index is 5.71. The summed E-state index contributed by atoms with van der Waals surface area (Å²) in [5.74, 6) is 0.857. The number of anilines is 1. The van der Waals surface area contributed by atoms with E-state index < -0.39 is 0 Å². The van der Waals surface area contributed by atoms with Crippen LogP contribution in [0, 0.1) is 5.92 Å². The smallest absolute Gasteiger partial charge is 0.0772 e. The molecule has 1 aromatic rings. The Bertz CT molecular complexity index is 332. The monoisotopic (exact) mass is 219 g/mol. The Balaban J connectivity index is 2.04. The van der Waals surface area contributed by atoms with Crippen LogP contribution in [0.4, 0.5) is 5.69 Å². The second-order valence-electron chi connectivity index (χ2n) is 4.70. The summed E-state index contributed by atoms with van der Waals surface area (Å²) < 4.78 is 0. The van der Waals surface area contributed by atoms with Crippen LogP contribution in [-0.4, -0.2) is 18.6 Å². The van der Waals surface area contributed by atoms with Crippen LogP contribution in [0.15, 0.2) is 18.3 Å². The first-order valence-corrected chi connectivity index (χ1v) is 6.16. The molecule has 88 valence electrons. The molecule has 1 heterocycles. The molecule has 0 unspecified atom stereocenters. The first-order chi connectivity index (χ1) is 7.81. The molecule has 0 bridgehead atoms. The van der Waals surface area contributed by atoms with Crippen LogP contribution in [0.2, 0.25) is 0 Å². The highest BCUT2D eigenvalue weighted by molar-refractivity contribution is 5.49. The van der Waals surface area contributed by atoms with Crippen LogP contribution in [-0.2, 0) is 6.54 Å². The highest BCUT2D eigenvalue weighted by Gasteiger charge is 2.18. The number of hydrogen-bond donors (Lipinski definition) is 1. The van der Waals surface area contributed by atoms with E-state index >= 15 is 0 Å². The lowest BCUT2D eigenvalue weighted by atomic mass is 10.1. The van der Waals surface area contributed by atoms with Crippen LogP contribution in [0.1, 0.15) is 31.4 Å². The molecule has 1 aromatic heterocycles. The number of rotatable bonds is 4. The van der Waals surface area contributed by atoms with Gasteiger partial charge >= 0.3 is 0 Å². The lowest BCUT2D eigenvalue weighted by molar-refractivity contribution is 0.546. The fourth-order valence-electron chi connectivity index (χ4n) is 2.61. The minimum atomic E-state index is 0.519. The van der Waals surface area contributed by atoms with E-state index in [0.29, 0.717) is 6.54 Å². The fraction of sp³-hybridized carbons (Fsp3) is 0.615. The number of hydrogen-bond acceptors (Lipinski definition) is 3. The Hall–Kier alpha value is -1.09. The van der Waals surface area contributed by atoms with Gasteiger partial charge in [0.25, 0.3) is 0 Å². The molecule has 3 heteroatoms. The highest BCUT2D eigenvalue weighted by atomic mass is 15.1. The van der Waals surface area contributed by atoms with E-state index in [1.54, 1.807) is 0 Å². The van der Waals surface area contributed by atoms with E-state index in [0.717, 1.165) is 18.2 Å². The predicted molar refractivity (Wildman–Crippen MR) is 67.4 cm³/mol. The molecular formula is C13H21N3. The van der Waals surface area contributed by atoms with E-state index in [1.165, 1.54) is 31.4 Å². The SMILES string of the molecule is CN(CC1CCCC1)c1cccnc1CN. The van der Waals surface area contributed by atoms with E-state index in [2.05, 4.69) is 23.0 Å². The summed E-state index contributed by atoms with van der Waals surface area (Å²) in [6.45, 7) is 1.66. The lowest BCUT2D eigenvalue weighted by Crippen LogP contribution is -2.25. The number of aromatic nitrogens is 1. The molecule has 16 heavy (non-hydrogen) atoms. The molecule has 0 atom stereocenters. The third-order valence-corrected chi connectivity index (χ3v) is 3.48. The Morgan fingerprint density at radius 2 is 2.19 bits per heavy atom. The molecule has 1 saturated carbocycles. The Morgan fingerprint density at radius 3 is 2.88 bits per heavy atom. The topological polar surface area (TPSA) is 42.2 Å². The number of nitrogens with two attached hydrogens (primary N) is 1. The van der Waals surface area contributed by atoms with Gasteiger partial charge in [-0.3, -0.25) is 4.98 Å². The molecule has 0 saturated heterocycles. The minimum Gasteiger partial charge on any atom is -0.373 e. The summed E-state index contributed by atoms with van der Waals surface area (Å²) >= 11 is 0. The molecule has 1 aliphatic carbocycles. The summed E-state index contributed by atoms with van der Waals surface area (Å²) in [5, 5.41) is 0. The second kappa shape index (κ2) is 5.30. The normalized spacial score (nSPS) is 16.6. The van der Waals surface area contributed by atoms with Crippen LogP contribution in [0.25, 0.3) is 0 Å². The van der Waals surface area contributed by atoms with Crippen molar-refractivity contribution in [2.45, 2.75) is 32.2 Å². The van der Waals surface area contributed by atoms with E-state index in [1.807, 2.05) is 12.3 Å². The maximum Gasteiger partial charge on any atom is 0.0772 e. The molecule has 0 amide bonds. The molecular weight excluding hydrogens is 198 g/mol. The Morgan fingerprint density at radius 1 is 1.44 bits per heavy atom. The van der Waals surface area contributed by atoms with E-state index in [9.17, 15) is 0 Å². The van der Waals surface area contributed by atoms with Gasteiger partial charge in [-0.25, -0.2) is 0 Å². The first kappa shape index (κ1) is 11.4. The van der Waals surface area contributed by atoms with Crippen molar-refractivity contribution >= 4 is 5.69 Å². The molecule has 2 rings (SSSR count). The molecule has 0 radical (unpaired) electrons. The zero-order chi connectivity index (χ0) is 11.4. The minimum absolute atomic E-state index is 0.519. The van der Waals surface area contributed by atoms with Gasteiger partial charge in [0, 0.05) is 26.3 Å². The second-order valence-corrected chi connectivity index (χ2v) is 4.70.